The normalized spacial score (nSPS) is 27.3. The first-order valence-electron chi connectivity index (χ1n) is 10.7. The van der Waals surface area contributed by atoms with Crippen molar-refractivity contribution in [2.45, 2.75) is 75.9 Å². The molecule has 1 saturated heterocycles. The average Bonchev–Trinajstić information content (AvgIpc) is 3.30. The number of rotatable bonds is 5. The molecule has 2 aromatic heterocycles. The molecule has 0 radical (unpaired) electrons. The molecule has 9 nitrogen and oxygen atoms in total. The Labute approximate surface area is 175 Å². The molecular weight excluding hydrogens is 386 g/mol. The Morgan fingerprint density at radius 1 is 1.17 bits per heavy atom. The number of aromatic nitrogens is 4. The number of anilines is 1. The Kier molecular flexibility index (Phi) is 6.49. The van der Waals surface area contributed by atoms with Gasteiger partial charge in [-0.05, 0) is 24.7 Å². The summed E-state index contributed by atoms with van der Waals surface area (Å²) >= 11 is 0. The fraction of sp³-hybridized carbons (Fsp3) is 0.667. The van der Waals surface area contributed by atoms with Crippen molar-refractivity contribution in [1.82, 2.24) is 19.5 Å². The molecule has 2 fully saturated rings. The van der Waals surface area contributed by atoms with Gasteiger partial charge in [-0.15, -0.1) is 0 Å². The number of fused-ring (bicyclic) bond motifs is 1. The fourth-order valence-electron chi connectivity index (χ4n) is 4.39. The van der Waals surface area contributed by atoms with E-state index >= 15 is 0 Å². The van der Waals surface area contributed by atoms with Crippen LogP contribution in [-0.4, -0.2) is 59.8 Å². The van der Waals surface area contributed by atoms with Gasteiger partial charge in [0.05, 0.1) is 12.9 Å². The SMILES string of the molecule is Nc1nc(C#CCCCC2CCCCC2)nc2c1ncn2[C@@H]1O[C@H](CO)[C@@H](O)[C@H]1O. The lowest BCUT2D eigenvalue weighted by Gasteiger charge is -2.20. The number of nitrogens with zero attached hydrogens (tertiary/aromatic N) is 4. The van der Waals surface area contributed by atoms with Crippen molar-refractivity contribution >= 4 is 17.0 Å². The number of unbranched alkanes of at least 4 members (excludes halogenated alkanes) is 1. The minimum absolute atomic E-state index is 0.192. The van der Waals surface area contributed by atoms with Gasteiger partial charge in [0, 0.05) is 6.42 Å². The van der Waals surface area contributed by atoms with E-state index < -0.39 is 31.1 Å². The van der Waals surface area contributed by atoms with Gasteiger partial charge in [-0.2, -0.15) is 0 Å². The molecule has 0 spiro atoms. The number of nitrogens with two attached hydrogens (primary N) is 1. The van der Waals surface area contributed by atoms with E-state index in [1.807, 2.05) is 0 Å². The average molecular weight is 415 g/mol. The summed E-state index contributed by atoms with van der Waals surface area (Å²) in [5.41, 5.74) is 6.76. The Bertz CT molecular complexity index is 931. The van der Waals surface area contributed by atoms with Gasteiger partial charge < -0.3 is 25.8 Å². The highest BCUT2D eigenvalue weighted by Gasteiger charge is 2.44. The molecule has 162 valence electrons. The van der Waals surface area contributed by atoms with E-state index in [-0.39, 0.29) is 11.6 Å². The lowest BCUT2D eigenvalue weighted by Crippen LogP contribution is -2.33. The van der Waals surface area contributed by atoms with E-state index in [0.29, 0.717) is 11.2 Å². The minimum Gasteiger partial charge on any atom is -0.394 e. The Hall–Kier alpha value is -2.25. The number of hydrogen-bond acceptors (Lipinski definition) is 8. The predicted octanol–water partition coefficient (Wildman–Crippen LogP) is 1.12. The van der Waals surface area contributed by atoms with Crippen molar-refractivity contribution < 1.29 is 20.1 Å². The van der Waals surface area contributed by atoms with Crippen LogP contribution in [0.1, 0.15) is 63.4 Å². The van der Waals surface area contributed by atoms with E-state index in [1.165, 1.54) is 49.4 Å². The summed E-state index contributed by atoms with van der Waals surface area (Å²) in [4.78, 5) is 12.9. The van der Waals surface area contributed by atoms with E-state index in [4.69, 9.17) is 10.5 Å². The smallest absolute Gasteiger partial charge is 0.208 e. The molecule has 3 heterocycles. The van der Waals surface area contributed by atoms with Crippen molar-refractivity contribution in [2.24, 2.45) is 5.92 Å². The zero-order valence-electron chi connectivity index (χ0n) is 16.9. The van der Waals surface area contributed by atoms with Crippen LogP contribution >= 0.6 is 0 Å². The highest BCUT2D eigenvalue weighted by molar-refractivity contribution is 5.82. The maximum absolute atomic E-state index is 10.3. The van der Waals surface area contributed by atoms with Gasteiger partial charge in [-0.25, -0.2) is 15.0 Å². The quantitative estimate of drug-likeness (QED) is 0.421. The molecule has 5 N–H and O–H groups in total. The van der Waals surface area contributed by atoms with Crippen LogP contribution < -0.4 is 5.73 Å². The lowest BCUT2D eigenvalue weighted by atomic mass is 9.86. The van der Waals surface area contributed by atoms with Gasteiger partial charge in [0.25, 0.3) is 0 Å². The van der Waals surface area contributed by atoms with Crippen LogP contribution in [0.15, 0.2) is 6.33 Å². The van der Waals surface area contributed by atoms with Crippen molar-refractivity contribution in [3.63, 3.8) is 0 Å². The first-order chi connectivity index (χ1) is 14.6. The van der Waals surface area contributed by atoms with Crippen LogP contribution in [0.4, 0.5) is 5.82 Å². The van der Waals surface area contributed by atoms with E-state index in [0.717, 1.165) is 18.8 Å². The third kappa shape index (κ3) is 4.27. The monoisotopic (exact) mass is 415 g/mol. The molecule has 1 aliphatic heterocycles. The molecular formula is C21H29N5O4. The van der Waals surface area contributed by atoms with Crippen LogP contribution in [-0.2, 0) is 4.74 Å². The second kappa shape index (κ2) is 9.27. The molecule has 0 unspecified atom stereocenters. The number of aliphatic hydroxyl groups excluding tert-OH is 3. The molecule has 0 bridgehead atoms. The Morgan fingerprint density at radius 3 is 2.70 bits per heavy atom. The van der Waals surface area contributed by atoms with Gasteiger partial charge in [-0.3, -0.25) is 4.57 Å². The van der Waals surface area contributed by atoms with Crippen LogP contribution in [0.2, 0.25) is 0 Å². The van der Waals surface area contributed by atoms with Crippen molar-refractivity contribution in [1.29, 1.82) is 0 Å². The first kappa shape index (κ1) is 21.0. The van der Waals surface area contributed by atoms with E-state index in [2.05, 4.69) is 26.8 Å². The zero-order valence-corrected chi connectivity index (χ0v) is 16.9. The second-order valence-electron chi connectivity index (χ2n) is 8.18. The minimum atomic E-state index is -1.23. The van der Waals surface area contributed by atoms with Crippen molar-refractivity contribution in [3.8, 4) is 11.8 Å². The molecule has 4 atom stereocenters. The fourth-order valence-corrected chi connectivity index (χ4v) is 4.39. The Balaban J connectivity index is 1.47. The van der Waals surface area contributed by atoms with Gasteiger partial charge >= 0.3 is 0 Å². The maximum atomic E-state index is 10.3. The Morgan fingerprint density at radius 2 is 1.97 bits per heavy atom. The molecule has 9 heteroatoms. The van der Waals surface area contributed by atoms with Crippen molar-refractivity contribution in [2.75, 3.05) is 12.3 Å². The topological polar surface area (TPSA) is 140 Å². The highest BCUT2D eigenvalue weighted by Crippen LogP contribution is 2.32. The number of imidazole rings is 1. The lowest BCUT2D eigenvalue weighted by molar-refractivity contribution is -0.0511. The number of nitrogen functional groups attached to an aromatic ring is 1. The molecule has 2 aromatic rings. The summed E-state index contributed by atoms with van der Waals surface area (Å²) < 4.78 is 7.06. The van der Waals surface area contributed by atoms with Gasteiger partial charge in [0.15, 0.2) is 17.7 Å². The predicted molar refractivity (Wildman–Crippen MR) is 110 cm³/mol. The first-order valence-corrected chi connectivity index (χ1v) is 10.7. The summed E-state index contributed by atoms with van der Waals surface area (Å²) in [6.45, 7) is -0.407. The van der Waals surface area contributed by atoms with Crippen molar-refractivity contribution in [3.05, 3.63) is 12.2 Å². The summed E-state index contributed by atoms with van der Waals surface area (Å²) in [5, 5.41) is 29.6. The molecule has 1 aliphatic carbocycles. The summed E-state index contributed by atoms with van der Waals surface area (Å²) in [5.74, 6) is 7.43. The van der Waals surface area contributed by atoms with Gasteiger partial charge in [-0.1, -0.05) is 38.0 Å². The number of ether oxygens (including phenoxy) is 1. The van der Waals surface area contributed by atoms with Gasteiger partial charge in [0.1, 0.15) is 23.8 Å². The van der Waals surface area contributed by atoms with Gasteiger partial charge in [0.2, 0.25) is 5.82 Å². The summed E-state index contributed by atoms with van der Waals surface area (Å²) in [7, 11) is 0. The second-order valence-corrected chi connectivity index (χ2v) is 8.18. The number of hydrogen-bond donors (Lipinski definition) is 4. The van der Waals surface area contributed by atoms with Crippen LogP contribution in [0.25, 0.3) is 11.2 Å². The van der Waals surface area contributed by atoms with Crippen LogP contribution in [0, 0.1) is 17.8 Å². The third-order valence-electron chi connectivity index (χ3n) is 6.08. The molecule has 30 heavy (non-hydrogen) atoms. The standard InChI is InChI=1S/C21H29N5O4/c22-19-16-20(26(12-23-16)21-18(29)17(28)14(11-27)30-21)25-15(24-19)10-6-2-5-9-13-7-3-1-4-8-13/h12-14,17-18,21,27-29H,1-5,7-9,11H2,(H2,22,24,25)/t14-,17-,18-,21-/m1/s1. The van der Waals surface area contributed by atoms with E-state index in [1.54, 1.807) is 0 Å². The van der Waals surface area contributed by atoms with E-state index in [9.17, 15) is 15.3 Å². The highest BCUT2D eigenvalue weighted by atomic mass is 16.6. The molecule has 1 saturated carbocycles. The summed E-state index contributed by atoms with van der Waals surface area (Å²) in [6.07, 6.45) is 7.00. The largest absolute Gasteiger partial charge is 0.394 e. The molecule has 2 aliphatic rings. The van der Waals surface area contributed by atoms with Crippen LogP contribution in [0.3, 0.4) is 0 Å². The third-order valence-corrected chi connectivity index (χ3v) is 6.08. The maximum Gasteiger partial charge on any atom is 0.208 e. The summed E-state index contributed by atoms with van der Waals surface area (Å²) in [6, 6.07) is 0. The van der Waals surface area contributed by atoms with Crippen LogP contribution in [0.5, 0.6) is 0 Å². The molecule has 0 aromatic carbocycles. The molecule has 4 rings (SSSR count). The number of aliphatic hydroxyl groups is 3. The zero-order chi connectivity index (χ0) is 21.1. The molecule has 0 amide bonds.